The molecule has 1 aromatic carbocycles. The van der Waals surface area contributed by atoms with E-state index in [2.05, 4.69) is 42.2 Å². The number of benzene rings is 1. The Kier molecular flexibility index (Phi) is 5.87. The normalized spacial score (nSPS) is 24.5. The van der Waals surface area contributed by atoms with Gasteiger partial charge in [0.15, 0.2) is 0 Å². The van der Waals surface area contributed by atoms with Gasteiger partial charge in [-0.3, -0.25) is 0 Å². The highest BCUT2D eigenvalue weighted by atomic mass is 15.2. The Bertz CT molecular complexity index is 350. The minimum absolute atomic E-state index is 0.727. The second-order valence-corrected chi connectivity index (χ2v) is 5.97. The van der Waals surface area contributed by atoms with E-state index in [-0.39, 0.29) is 0 Å². The first-order chi connectivity index (χ1) is 9.29. The van der Waals surface area contributed by atoms with Gasteiger partial charge < -0.3 is 10.6 Å². The summed E-state index contributed by atoms with van der Waals surface area (Å²) in [4.78, 5) is 2.64. The van der Waals surface area contributed by atoms with Crippen LogP contribution in [0.1, 0.15) is 38.2 Å². The number of hydrogen-bond donors (Lipinski definition) is 1. The Balaban J connectivity index is 1.67. The first kappa shape index (κ1) is 14.5. The van der Waals surface area contributed by atoms with E-state index >= 15 is 0 Å². The average molecular weight is 260 g/mol. The summed E-state index contributed by atoms with van der Waals surface area (Å²) >= 11 is 0. The highest BCUT2D eigenvalue weighted by Gasteiger charge is 2.23. The van der Waals surface area contributed by atoms with Crippen molar-refractivity contribution in [1.82, 2.24) is 4.90 Å². The molecule has 1 aromatic rings. The predicted molar refractivity (Wildman–Crippen MR) is 82.2 cm³/mol. The van der Waals surface area contributed by atoms with Gasteiger partial charge in [-0.2, -0.15) is 0 Å². The lowest BCUT2D eigenvalue weighted by Crippen LogP contribution is -2.44. The molecule has 0 aliphatic carbocycles. The number of unbranched alkanes of at least 4 members (excludes halogenated alkanes) is 1. The van der Waals surface area contributed by atoms with Gasteiger partial charge in [-0.05, 0) is 63.6 Å². The van der Waals surface area contributed by atoms with Crippen LogP contribution in [0.15, 0.2) is 30.3 Å². The highest BCUT2D eigenvalue weighted by molar-refractivity contribution is 5.14. The fourth-order valence-corrected chi connectivity index (χ4v) is 3.06. The summed E-state index contributed by atoms with van der Waals surface area (Å²) in [6, 6.07) is 11.6. The van der Waals surface area contributed by atoms with Gasteiger partial charge in [-0.25, -0.2) is 0 Å². The van der Waals surface area contributed by atoms with E-state index in [0.717, 1.165) is 18.5 Å². The molecule has 1 fully saturated rings. The molecule has 0 bridgehead atoms. The van der Waals surface area contributed by atoms with Gasteiger partial charge >= 0.3 is 0 Å². The second-order valence-electron chi connectivity index (χ2n) is 5.97. The monoisotopic (exact) mass is 260 g/mol. The quantitative estimate of drug-likeness (QED) is 0.797. The molecule has 0 aromatic heterocycles. The van der Waals surface area contributed by atoms with Crippen LogP contribution in [-0.2, 0) is 6.42 Å². The van der Waals surface area contributed by atoms with Crippen molar-refractivity contribution in [3.63, 3.8) is 0 Å². The smallest absolute Gasteiger partial charge is 0.00671 e. The van der Waals surface area contributed by atoms with E-state index in [1.54, 1.807) is 0 Å². The van der Waals surface area contributed by atoms with Crippen molar-refractivity contribution in [2.24, 2.45) is 11.7 Å². The molecule has 1 saturated heterocycles. The lowest BCUT2D eigenvalue weighted by atomic mass is 9.93. The molecule has 1 heterocycles. The Morgan fingerprint density at radius 1 is 1.16 bits per heavy atom. The molecule has 0 spiro atoms. The molecule has 2 rings (SSSR count). The number of nitrogens with zero attached hydrogens (tertiary/aromatic N) is 1. The maximum absolute atomic E-state index is 5.82. The number of piperidine rings is 1. The zero-order valence-corrected chi connectivity index (χ0v) is 12.2. The molecule has 2 N–H and O–H groups in total. The van der Waals surface area contributed by atoms with Crippen molar-refractivity contribution in [2.75, 3.05) is 19.6 Å². The van der Waals surface area contributed by atoms with Crippen LogP contribution < -0.4 is 5.73 Å². The van der Waals surface area contributed by atoms with Crippen molar-refractivity contribution in [3.8, 4) is 0 Å². The Labute approximate surface area is 118 Å². The van der Waals surface area contributed by atoms with Gasteiger partial charge in [0, 0.05) is 12.6 Å². The van der Waals surface area contributed by atoms with E-state index in [1.165, 1.54) is 50.8 Å². The van der Waals surface area contributed by atoms with Gasteiger partial charge in [0.1, 0.15) is 0 Å². The van der Waals surface area contributed by atoms with Crippen LogP contribution in [-0.4, -0.2) is 30.6 Å². The molecule has 0 amide bonds. The molecule has 2 atom stereocenters. The Hall–Kier alpha value is -0.860. The fourth-order valence-electron chi connectivity index (χ4n) is 3.06. The van der Waals surface area contributed by atoms with E-state index in [9.17, 15) is 0 Å². The van der Waals surface area contributed by atoms with Crippen molar-refractivity contribution in [3.05, 3.63) is 35.9 Å². The summed E-state index contributed by atoms with van der Waals surface area (Å²) in [5.74, 6) is 0.727. The number of hydrogen-bond acceptors (Lipinski definition) is 2. The van der Waals surface area contributed by atoms with E-state index < -0.39 is 0 Å². The zero-order chi connectivity index (χ0) is 13.5. The van der Waals surface area contributed by atoms with Crippen LogP contribution in [0.5, 0.6) is 0 Å². The molecule has 2 unspecified atom stereocenters. The maximum atomic E-state index is 5.82. The molecule has 2 heteroatoms. The first-order valence-electron chi connectivity index (χ1n) is 7.77. The molecular weight excluding hydrogens is 232 g/mol. The topological polar surface area (TPSA) is 29.3 Å². The average Bonchev–Trinajstić information content (AvgIpc) is 2.46. The third kappa shape index (κ3) is 4.63. The van der Waals surface area contributed by atoms with Crippen LogP contribution >= 0.6 is 0 Å². The van der Waals surface area contributed by atoms with Crippen LogP contribution in [0.3, 0.4) is 0 Å². The minimum atomic E-state index is 0.727. The van der Waals surface area contributed by atoms with Crippen LogP contribution in [0.2, 0.25) is 0 Å². The number of aryl methyl sites for hydroxylation is 1. The maximum Gasteiger partial charge on any atom is 0.00671 e. The number of rotatable bonds is 6. The van der Waals surface area contributed by atoms with E-state index in [1.807, 2.05) is 0 Å². The molecule has 1 aliphatic heterocycles. The summed E-state index contributed by atoms with van der Waals surface area (Å²) in [6.07, 6.45) is 6.44. The minimum Gasteiger partial charge on any atom is -0.330 e. The zero-order valence-electron chi connectivity index (χ0n) is 12.2. The molecule has 1 aliphatic rings. The largest absolute Gasteiger partial charge is 0.330 e. The third-order valence-electron chi connectivity index (χ3n) is 4.45. The van der Waals surface area contributed by atoms with E-state index in [0.29, 0.717) is 0 Å². The molecule has 106 valence electrons. The third-order valence-corrected chi connectivity index (χ3v) is 4.45. The Morgan fingerprint density at radius 3 is 2.68 bits per heavy atom. The molecule has 0 saturated carbocycles. The van der Waals surface area contributed by atoms with Gasteiger partial charge in [-0.15, -0.1) is 0 Å². The first-order valence-corrected chi connectivity index (χ1v) is 7.77. The molecule has 2 nitrogen and oxygen atoms in total. The summed E-state index contributed by atoms with van der Waals surface area (Å²) in [5.41, 5.74) is 7.28. The van der Waals surface area contributed by atoms with Gasteiger partial charge in [0.05, 0.1) is 0 Å². The standard InChI is InChI=1S/C17H28N2/c1-15-10-11-17(13-18)14-19(15)12-6-5-9-16-7-3-2-4-8-16/h2-4,7-8,15,17H,5-6,9-14,18H2,1H3. The molecule has 19 heavy (non-hydrogen) atoms. The van der Waals surface area contributed by atoms with Crippen LogP contribution in [0.4, 0.5) is 0 Å². The fraction of sp³-hybridized carbons (Fsp3) is 0.647. The number of likely N-dealkylation sites (tertiary alicyclic amines) is 1. The van der Waals surface area contributed by atoms with Crippen molar-refractivity contribution < 1.29 is 0 Å². The second kappa shape index (κ2) is 7.66. The van der Waals surface area contributed by atoms with Crippen molar-refractivity contribution >= 4 is 0 Å². The van der Waals surface area contributed by atoms with Crippen LogP contribution in [0.25, 0.3) is 0 Å². The van der Waals surface area contributed by atoms with Crippen molar-refractivity contribution in [1.29, 1.82) is 0 Å². The summed E-state index contributed by atoms with van der Waals surface area (Å²) in [5, 5.41) is 0. The highest BCUT2D eigenvalue weighted by Crippen LogP contribution is 2.21. The number of nitrogens with two attached hydrogens (primary N) is 1. The SMILES string of the molecule is CC1CCC(CN)CN1CCCCc1ccccc1. The van der Waals surface area contributed by atoms with E-state index in [4.69, 9.17) is 5.73 Å². The van der Waals surface area contributed by atoms with Gasteiger partial charge in [0.2, 0.25) is 0 Å². The van der Waals surface area contributed by atoms with Gasteiger partial charge in [0.25, 0.3) is 0 Å². The van der Waals surface area contributed by atoms with Gasteiger partial charge in [-0.1, -0.05) is 30.3 Å². The predicted octanol–water partition coefficient (Wildman–Crippen LogP) is 3.07. The lowest BCUT2D eigenvalue weighted by Gasteiger charge is -2.37. The summed E-state index contributed by atoms with van der Waals surface area (Å²) in [7, 11) is 0. The van der Waals surface area contributed by atoms with Crippen LogP contribution in [0, 0.1) is 5.92 Å². The lowest BCUT2D eigenvalue weighted by molar-refractivity contribution is 0.119. The summed E-state index contributed by atoms with van der Waals surface area (Å²) in [6.45, 7) is 5.67. The van der Waals surface area contributed by atoms with Crippen molar-refractivity contribution in [2.45, 2.75) is 45.1 Å². The molecular formula is C17H28N2. The summed E-state index contributed by atoms with van der Waals surface area (Å²) < 4.78 is 0. The molecule has 0 radical (unpaired) electrons. The Morgan fingerprint density at radius 2 is 1.95 bits per heavy atom.